The van der Waals surface area contributed by atoms with Crippen molar-refractivity contribution in [2.45, 2.75) is 44.9 Å². The van der Waals surface area contributed by atoms with Crippen LogP contribution in [0.5, 0.6) is 0 Å². The van der Waals surface area contributed by atoms with E-state index in [1.807, 2.05) is 29.2 Å². The Morgan fingerprint density at radius 1 is 1.00 bits per heavy atom. The highest BCUT2D eigenvalue weighted by Crippen LogP contribution is 2.30. The molecular formula is C34H30FN5O3. The van der Waals surface area contributed by atoms with Gasteiger partial charge in [0.05, 0.1) is 17.3 Å². The number of rotatable bonds is 4. The van der Waals surface area contributed by atoms with Gasteiger partial charge in [0.1, 0.15) is 11.9 Å². The molecule has 6 rings (SSSR count). The molecule has 8 nitrogen and oxygen atoms in total. The number of hydrogen-bond donors (Lipinski definition) is 1. The number of nitriles is 1. The molecule has 3 aromatic rings. The van der Waals surface area contributed by atoms with Gasteiger partial charge in [-0.1, -0.05) is 30.0 Å². The zero-order valence-corrected chi connectivity index (χ0v) is 23.8. The van der Waals surface area contributed by atoms with Gasteiger partial charge >= 0.3 is 0 Å². The summed E-state index contributed by atoms with van der Waals surface area (Å²) in [6, 6.07) is 19.7. The Labute approximate surface area is 249 Å². The standard InChI is InChI=1S/C34H30FN5O3/c1-22-19-39(30-12-10-25(18-36)17-29(30)35)16-15-38(22)20-24-7-5-23(6-8-24)9-11-26-3-2-4-27-28(26)21-40(34(27)43)31-13-14-32(41)37-33(31)42/h2-8,10,12,17,22,31H,13-16,19-21H2,1H3,(H,37,41,42)/t22-,31?/m0/s1. The third kappa shape index (κ3) is 5.73. The van der Waals surface area contributed by atoms with Crippen LogP contribution in [0.3, 0.4) is 0 Å². The third-order valence-corrected chi connectivity index (χ3v) is 8.45. The summed E-state index contributed by atoms with van der Waals surface area (Å²) in [5.74, 6) is 5.11. The van der Waals surface area contributed by atoms with Gasteiger partial charge in [0.2, 0.25) is 11.8 Å². The van der Waals surface area contributed by atoms with E-state index in [0.717, 1.165) is 35.3 Å². The minimum atomic E-state index is -0.659. The fraction of sp³-hybridized carbons (Fsp3) is 0.294. The van der Waals surface area contributed by atoms with Gasteiger partial charge in [-0.05, 0) is 66.9 Å². The molecule has 0 aromatic heterocycles. The van der Waals surface area contributed by atoms with E-state index in [1.54, 1.807) is 24.3 Å². The fourth-order valence-corrected chi connectivity index (χ4v) is 6.05. The molecule has 2 atom stereocenters. The summed E-state index contributed by atoms with van der Waals surface area (Å²) in [6.45, 7) is 5.36. The van der Waals surface area contributed by atoms with Crippen molar-refractivity contribution in [3.63, 3.8) is 0 Å². The zero-order valence-electron chi connectivity index (χ0n) is 23.8. The summed E-state index contributed by atoms with van der Waals surface area (Å²) in [5, 5.41) is 11.3. The number of fused-ring (bicyclic) bond motifs is 1. The molecule has 3 amide bonds. The number of carbonyl (C=O) groups excluding carboxylic acids is 3. The minimum Gasteiger partial charge on any atom is -0.366 e. The highest BCUT2D eigenvalue weighted by molar-refractivity contribution is 6.05. The number of benzene rings is 3. The van der Waals surface area contributed by atoms with Crippen molar-refractivity contribution < 1.29 is 18.8 Å². The van der Waals surface area contributed by atoms with Gasteiger partial charge in [-0.25, -0.2) is 4.39 Å². The van der Waals surface area contributed by atoms with Crippen molar-refractivity contribution in [1.82, 2.24) is 15.1 Å². The average Bonchev–Trinajstić information content (AvgIpc) is 3.34. The largest absolute Gasteiger partial charge is 0.366 e. The predicted octanol–water partition coefficient (Wildman–Crippen LogP) is 3.57. The van der Waals surface area contributed by atoms with Crippen molar-refractivity contribution in [3.05, 3.63) is 99.9 Å². The van der Waals surface area contributed by atoms with E-state index in [0.29, 0.717) is 36.3 Å². The second kappa shape index (κ2) is 11.7. The Morgan fingerprint density at radius 3 is 2.51 bits per heavy atom. The summed E-state index contributed by atoms with van der Waals surface area (Å²) >= 11 is 0. The number of carbonyl (C=O) groups is 3. The van der Waals surface area contributed by atoms with Crippen LogP contribution in [-0.4, -0.2) is 59.2 Å². The lowest BCUT2D eigenvalue weighted by atomic mass is 10.0. The maximum Gasteiger partial charge on any atom is 0.255 e. The fourth-order valence-electron chi connectivity index (χ4n) is 6.05. The van der Waals surface area contributed by atoms with E-state index in [4.69, 9.17) is 5.26 Å². The normalized spacial score (nSPS) is 20.3. The molecule has 3 aromatic carbocycles. The Kier molecular flexibility index (Phi) is 7.67. The summed E-state index contributed by atoms with van der Waals surface area (Å²) < 4.78 is 14.5. The van der Waals surface area contributed by atoms with Crippen molar-refractivity contribution >= 4 is 23.4 Å². The molecule has 216 valence electrons. The predicted molar refractivity (Wildman–Crippen MR) is 158 cm³/mol. The van der Waals surface area contributed by atoms with Gasteiger partial charge in [0, 0.05) is 61.9 Å². The molecule has 0 radical (unpaired) electrons. The highest BCUT2D eigenvalue weighted by atomic mass is 19.1. The van der Waals surface area contributed by atoms with Crippen LogP contribution in [0, 0.1) is 29.0 Å². The Balaban J connectivity index is 1.09. The summed E-state index contributed by atoms with van der Waals surface area (Å²) in [5.41, 5.74) is 4.95. The van der Waals surface area contributed by atoms with Crippen LogP contribution < -0.4 is 10.2 Å². The first kappa shape index (κ1) is 28.1. The van der Waals surface area contributed by atoms with Crippen molar-refractivity contribution in [2.75, 3.05) is 24.5 Å². The number of amides is 3. The van der Waals surface area contributed by atoms with Gasteiger partial charge in [0.15, 0.2) is 0 Å². The van der Waals surface area contributed by atoms with E-state index >= 15 is 0 Å². The Bertz CT molecular complexity index is 1720. The third-order valence-electron chi connectivity index (χ3n) is 8.45. The van der Waals surface area contributed by atoms with Crippen LogP contribution in [0.15, 0.2) is 60.7 Å². The Hall–Kier alpha value is -4.99. The number of hydrogen-bond acceptors (Lipinski definition) is 6. The maximum atomic E-state index is 14.5. The molecule has 9 heteroatoms. The second-order valence-corrected chi connectivity index (χ2v) is 11.2. The summed E-state index contributed by atoms with van der Waals surface area (Å²) in [4.78, 5) is 43.0. The number of piperidine rings is 1. The van der Waals surface area contributed by atoms with Crippen LogP contribution in [0.2, 0.25) is 0 Å². The van der Waals surface area contributed by atoms with E-state index in [2.05, 4.69) is 41.1 Å². The Morgan fingerprint density at radius 2 is 1.79 bits per heavy atom. The lowest BCUT2D eigenvalue weighted by molar-refractivity contribution is -0.136. The number of nitrogens with one attached hydrogen (secondary N) is 1. The van der Waals surface area contributed by atoms with Crippen LogP contribution in [0.25, 0.3) is 0 Å². The van der Waals surface area contributed by atoms with Gasteiger partial charge < -0.3 is 9.80 Å². The number of anilines is 1. The van der Waals surface area contributed by atoms with Crippen LogP contribution >= 0.6 is 0 Å². The van der Waals surface area contributed by atoms with Crippen molar-refractivity contribution in [3.8, 4) is 17.9 Å². The molecule has 0 saturated carbocycles. The van der Waals surface area contributed by atoms with Crippen LogP contribution in [0.4, 0.5) is 10.1 Å². The quantitative estimate of drug-likeness (QED) is 0.378. The minimum absolute atomic E-state index is 0.213. The second-order valence-electron chi connectivity index (χ2n) is 11.2. The van der Waals surface area contributed by atoms with Gasteiger partial charge in [-0.15, -0.1) is 0 Å². The number of piperazine rings is 1. The molecular weight excluding hydrogens is 545 g/mol. The van der Waals surface area contributed by atoms with Crippen LogP contribution in [0.1, 0.15) is 57.9 Å². The molecule has 1 unspecified atom stereocenters. The van der Waals surface area contributed by atoms with Gasteiger partial charge in [0.25, 0.3) is 5.91 Å². The van der Waals surface area contributed by atoms with E-state index in [9.17, 15) is 18.8 Å². The monoisotopic (exact) mass is 575 g/mol. The topological polar surface area (TPSA) is 96.8 Å². The van der Waals surface area contributed by atoms with E-state index in [1.165, 1.54) is 11.0 Å². The molecule has 3 heterocycles. The molecule has 3 aliphatic rings. The molecule has 1 N–H and O–H groups in total. The number of nitrogens with zero attached hydrogens (tertiary/aromatic N) is 4. The summed E-state index contributed by atoms with van der Waals surface area (Å²) in [6.07, 6.45) is 0.536. The molecule has 3 aliphatic heterocycles. The number of imide groups is 1. The first-order valence-electron chi connectivity index (χ1n) is 14.4. The van der Waals surface area contributed by atoms with E-state index in [-0.39, 0.29) is 36.6 Å². The highest BCUT2D eigenvalue weighted by Gasteiger charge is 2.39. The van der Waals surface area contributed by atoms with Crippen molar-refractivity contribution in [1.29, 1.82) is 5.26 Å². The van der Waals surface area contributed by atoms with Gasteiger partial charge in [-0.2, -0.15) is 5.26 Å². The first-order valence-corrected chi connectivity index (χ1v) is 14.4. The first-order chi connectivity index (χ1) is 20.8. The van der Waals surface area contributed by atoms with E-state index < -0.39 is 11.9 Å². The average molecular weight is 576 g/mol. The SMILES string of the molecule is C[C@H]1CN(c2ccc(C#N)cc2F)CCN1Cc1ccc(C#Cc2cccc3c2CN(C2CCC(=O)NC2=O)C3=O)cc1. The molecule has 2 saturated heterocycles. The van der Waals surface area contributed by atoms with Gasteiger partial charge in [-0.3, -0.25) is 24.6 Å². The lowest BCUT2D eigenvalue weighted by Gasteiger charge is -2.41. The lowest BCUT2D eigenvalue weighted by Crippen LogP contribution is -2.52. The van der Waals surface area contributed by atoms with Crippen molar-refractivity contribution in [2.24, 2.45) is 0 Å². The molecule has 0 aliphatic carbocycles. The zero-order chi connectivity index (χ0) is 30.1. The molecule has 0 bridgehead atoms. The molecule has 2 fully saturated rings. The summed E-state index contributed by atoms with van der Waals surface area (Å²) in [7, 11) is 0. The smallest absolute Gasteiger partial charge is 0.255 e. The maximum absolute atomic E-state index is 14.5. The molecule has 0 spiro atoms. The van der Waals surface area contributed by atoms with Crippen LogP contribution in [-0.2, 0) is 22.7 Å². The molecule has 43 heavy (non-hydrogen) atoms. The number of halogens is 1.